The third kappa shape index (κ3) is 6.35. The summed E-state index contributed by atoms with van der Waals surface area (Å²) in [6, 6.07) is 13.3. The second kappa shape index (κ2) is 11.6. The number of aliphatic imine (C=N–C) groups is 1. The maximum absolute atomic E-state index is 4.36. The Hall–Kier alpha value is -1.32. The van der Waals surface area contributed by atoms with Crippen molar-refractivity contribution in [2.45, 2.75) is 26.4 Å². The van der Waals surface area contributed by atoms with Gasteiger partial charge in [-0.1, -0.05) is 18.2 Å². The van der Waals surface area contributed by atoms with Gasteiger partial charge in [-0.3, -0.25) is 9.89 Å². The van der Waals surface area contributed by atoms with Crippen LogP contribution < -0.4 is 15.5 Å². The topological polar surface area (TPSA) is 42.9 Å². The van der Waals surface area contributed by atoms with Crippen LogP contribution in [0.3, 0.4) is 0 Å². The summed E-state index contributed by atoms with van der Waals surface area (Å²) in [6.45, 7) is 10.5. The van der Waals surface area contributed by atoms with E-state index in [2.05, 4.69) is 81.1 Å². The minimum absolute atomic E-state index is 0. The molecule has 2 N–H and O–H groups in total. The van der Waals surface area contributed by atoms with Gasteiger partial charge in [-0.25, -0.2) is 0 Å². The van der Waals surface area contributed by atoms with Crippen molar-refractivity contribution >= 4 is 47.0 Å². The van der Waals surface area contributed by atoms with E-state index < -0.39 is 0 Å². The Morgan fingerprint density at radius 1 is 1.11 bits per heavy atom. The fraction of sp³-hybridized carbons (Fsp3) is 0.476. The highest BCUT2D eigenvalue weighted by Crippen LogP contribution is 2.16. The van der Waals surface area contributed by atoms with Crippen LogP contribution in [0.15, 0.2) is 46.8 Å². The molecule has 0 amide bonds. The zero-order valence-electron chi connectivity index (χ0n) is 17.0. The summed E-state index contributed by atoms with van der Waals surface area (Å²) in [5.74, 6) is 0.873. The molecule has 1 aromatic heterocycles. The van der Waals surface area contributed by atoms with Gasteiger partial charge in [0.25, 0.3) is 0 Å². The van der Waals surface area contributed by atoms with Crippen molar-refractivity contribution < 1.29 is 0 Å². The Balaban J connectivity index is 0.00000280. The zero-order chi connectivity index (χ0) is 19.1. The van der Waals surface area contributed by atoms with Gasteiger partial charge in [0.2, 0.25) is 0 Å². The lowest BCUT2D eigenvalue weighted by Crippen LogP contribution is -2.53. The van der Waals surface area contributed by atoms with E-state index >= 15 is 0 Å². The quantitative estimate of drug-likeness (QED) is 0.353. The molecular weight excluding hydrogens is 481 g/mol. The van der Waals surface area contributed by atoms with Crippen LogP contribution in [-0.2, 0) is 6.54 Å². The molecule has 0 spiro atoms. The highest BCUT2D eigenvalue weighted by Gasteiger charge is 2.21. The Morgan fingerprint density at radius 2 is 1.82 bits per heavy atom. The molecule has 28 heavy (non-hydrogen) atoms. The molecule has 0 radical (unpaired) electrons. The molecule has 5 nitrogen and oxygen atoms in total. The van der Waals surface area contributed by atoms with E-state index in [0.717, 1.165) is 45.2 Å². The predicted molar refractivity (Wildman–Crippen MR) is 132 cm³/mol. The van der Waals surface area contributed by atoms with Crippen LogP contribution in [-0.4, -0.2) is 56.7 Å². The number of hydrogen-bond acceptors (Lipinski definition) is 4. The van der Waals surface area contributed by atoms with Crippen molar-refractivity contribution in [3.05, 3.63) is 52.2 Å². The number of benzene rings is 1. The molecule has 3 rings (SSSR count). The lowest BCUT2D eigenvalue weighted by Gasteiger charge is -2.39. The minimum Gasteiger partial charge on any atom is -0.369 e. The molecule has 1 aliphatic heterocycles. The molecule has 154 valence electrons. The predicted octanol–water partition coefficient (Wildman–Crippen LogP) is 3.55. The minimum atomic E-state index is 0. The summed E-state index contributed by atoms with van der Waals surface area (Å²) in [4.78, 5) is 10.8. The first kappa shape index (κ1) is 23.0. The zero-order valence-corrected chi connectivity index (χ0v) is 20.2. The number of aryl methyl sites for hydroxylation is 1. The molecule has 2 heterocycles. The number of nitrogens with one attached hydrogen (secondary N) is 2. The van der Waals surface area contributed by atoms with Crippen LogP contribution in [0.5, 0.6) is 0 Å². The number of guanidine groups is 1. The van der Waals surface area contributed by atoms with E-state index in [1.165, 1.54) is 16.1 Å². The fourth-order valence-electron chi connectivity index (χ4n) is 3.40. The number of halogens is 1. The normalized spacial score (nSPS) is 16.4. The van der Waals surface area contributed by atoms with Crippen LogP contribution in [0.25, 0.3) is 0 Å². The number of para-hydroxylation sites is 1. The first-order valence-electron chi connectivity index (χ1n) is 9.69. The summed E-state index contributed by atoms with van der Waals surface area (Å²) in [5.41, 5.74) is 2.67. The van der Waals surface area contributed by atoms with Crippen LogP contribution in [0.2, 0.25) is 0 Å². The Morgan fingerprint density at radius 3 is 2.43 bits per heavy atom. The molecule has 1 saturated heterocycles. The van der Waals surface area contributed by atoms with E-state index in [9.17, 15) is 0 Å². The summed E-state index contributed by atoms with van der Waals surface area (Å²) >= 11 is 1.79. The molecule has 1 aliphatic rings. The average Bonchev–Trinajstić information content (AvgIpc) is 3.13. The Labute approximate surface area is 190 Å². The second-order valence-electron chi connectivity index (χ2n) is 7.04. The number of rotatable bonds is 6. The fourth-order valence-corrected chi connectivity index (χ4v) is 4.25. The summed E-state index contributed by atoms with van der Waals surface area (Å²) in [7, 11) is 1.83. The van der Waals surface area contributed by atoms with E-state index in [1.54, 1.807) is 11.3 Å². The molecule has 0 bridgehead atoms. The third-order valence-corrected chi connectivity index (χ3v) is 6.26. The molecule has 7 heteroatoms. The van der Waals surface area contributed by atoms with Crippen molar-refractivity contribution in [2.24, 2.45) is 4.99 Å². The van der Waals surface area contributed by atoms with Gasteiger partial charge in [0.15, 0.2) is 5.96 Å². The number of piperazine rings is 1. The van der Waals surface area contributed by atoms with Crippen molar-refractivity contribution in [1.29, 1.82) is 0 Å². The number of thiophene rings is 1. The Kier molecular flexibility index (Phi) is 9.53. The standard InChI is InChI=1S/C21H31N5S.HI/c1-17-9-14-27-20(17)16-24-21(22-3)23-15-18(2)25-10-12-26(13-11-25)19-7-5-4-6-8-19;/h4-9,14,18H,10-13,15-16H2,1-3H3,(H2,22,23,24);1H. The maximum atomic E-state index is 4.36. The van der Waals surface area contributed by atoms with E-state index in [1.807, 2.05) is 7.05 Å². The monoisotopic (exact) mass is 513 g/mol. The van der Waals surface area contributed by atoms with Gasteiger partial charge in [-0.05, 0) is 43.0 Å². The maximum Gasteiger partial charge on any atom is 0.191 e. The van der Waals surface area contributed by atoms with Gasteiger partial charge < -0.3 is 15.5 Å². The molecule has 0 aliphatic carbocycles. The first-order chi connectivity index (χ1) is 13.2. The highest BCUT2D eigenvalue weighted by molar-refractivity contribution is 14.0. The molecule has 0 saturated carbocycles. The van der Waals surface area contributed by atoms with E-state index in [4.69, 9.17) is 0 Å². The molecule has 1 aromatic carbocycles. The smallest absolute Gasteiger partial charge is 0.191 e. The molecule has 1 atom stereocenters. The van der Waals surface area contributed by atoms with Gasteiger partial charge in [0, 0.05) is 56.4 Å². The van der Waals surface area contributed by atoms with Crippen LogP contribution in [0.4, 0.5) is 5.69 Å². The van der Waals surface area contributed by atoms with Crippen molar-refractivity contribution in [1.82, 2.24) is 15.5 Å². The van der Waals surface area contributed by atoms with Crippen molar-refractivity contribution in [3.8, 4) is 0 Å². The van der Waals surface area contributed by atoms with Gasteiger partial charge >= 0.3 is 0 Å². The van der Waals surface area contributed by atoms with E-state index in [0.29, 0.717) is 6.04 Å². The summed E-state index contributed by atoms with van der Waals surface area (Å²) in [5, 5.41) is 9.04. The molecular formula is C21H32IN5S. The van der Waals surface area contributed by atoms with Crippen LogP contribution in [0, 0.1) is 6.92 Å². The lowest BCUT2D eigenvalue weighted by molar-refractivity contribution is 0.197. The van der Waals surface area contributed by atoms with Crippen molar-refractivity contribution in [2.75, 3.05) is 44.7 Å². The molecule has 1 unspecified atom stereocenters. The second-order valence-corrected chi connectivity index (χ2v) is 8.04. The van der Waals surface area contributed by atoms with E-state index in [-0.39, 0.29) is 24.0 Å². The number of nitrogens with zero attached hydrogens (tertiary/aromatic N) is 3. The van der Waals surface area contributed by atoms with Crippen molar-refractivity contribution in [3.63, 3.8) is 0 Å². The largest absolute Gasteiger partial charge is 0.369 e. The summed E-state index contributed by atoms with van der Waals surface area (Å²) < 4.78 is 0. The SMILES string of the molecule is CN=C(NCc1sccc1C)NCC(C)N1CCN(c2ccccc2)CC1.I. The summed E-state index contributed by atoms with van der Waals surface area (Å²) in [6.07, 6.45) is 0. The third-order valence-electron chi connectivity index (χ3n) is 5.23. The first-order valence-corrected chi connectivity index (χ1v) is 10.6. The van der Waals surface area contributed by atoms with Gasteiger partial charge in [-0.2, -0.15) is 0 Å². The van der Waals surface area contributed by atoms with Crippen LogP contribution in [0.1, 0.15) is 17.4 Å². The van der Waals surface area contributed by atoms with Gasteiger partial charge in [0.05, 0.1) is 6.54 Å². The highest BCUT2D eigenvalue weighted by atomic mass is 127. The number of anilines is 1. The molecule has 2 aromatic rings. The van der Waals surface area contributed by atoms with Crippen LogP contribution >= 0.6 is 35.3 Å². The molecule has 1 fully saturated rings. The van der Waals surface area contributed by atoms with Gasteiger partial charge in [0.1, 0.15) is 0 Å². The number of hydrogen-bond donors (Lipinski definition) is 2. The average molecular weight is 513 g/mol. The Bertz CT molecular complexity index is 725. The van der Waals surface area contributed by atoms with Gasteiger partial charge in [-0.15, -0.1) is 35.3 Å². The lowest BCUT2D eigenvalue weighted by atomic mass is 10.2.